The molecule has 3 aliphatic heterocycles. The molecule has 0 radical (unpaired) electrons. The van der Waals surface area contributed by atoms with E-state index in [4.69, 9.17) is 4.74 Å². The van der Waals surface area contributed by atoms with Crippen LogP contribution in [0.2, 0.25) is 0 Å². The molecule has 2 saturated heterocycles. The summed E-state index contributed by atoms with van der Waals surface area (Å²) in [7, 11) is 0. The van der Waals surface area contributed by atoms with E-state index in [1.54, 1.807) is 6.21 Å². The Balaban J connectivity index is 1.70. The first-order valence-corrected chi connectivity index (χ1v) is 7.89. The molecule has 0 spiro atoms. The van der Waals surface area contributed by atoms with E-state index in [-0.39, 0.29) is 11.9 Å². The minimum absolute atomic E-state index is 0.120. The van der Waals surface area contributed by atoms with Crippen LogP contribution in [0.4, 0.5) is 5.69 Å². The zero-order valence-corrected chi connectivity index (χ0v) is 13.4. The molecule has 3 aliphatic rings. The molecule has 0 saturated carbocycles. The van der Waals surface area contributed by atoms with Crippen LogP contribution in [0.3, 0.4) is 0 Å². The fraction of sp³-hybridized carbons (Fsp3) is 0.444. The molecule has 5 atom stereocenters. The minimum atomic E-state index is -0.985. The maximum atomic E-state index is 13.0. The van der Waals surface area contributed by atoms with Gasteiger partial charge in [0.05, 0.1) is 12.0 Å². The molecule has 0 aliphatic carbocycles. The molecule has 4 rings (SSSR count). The van der Waals surface area contributed by atoms with Crippen LogP contribution in [0.15, 0.2) is 40.9 Å². The van der Waals surface area contributed by atoms with E-state index in [9.17, 15) is 9.90 Å². The lowest BCUT2D eigenvalue weighted by Crippen LogP contribution is -2.45. The number of hydrogen-bond donors (Lipinski definition) is 1. The molecule has 1 aromatic rings. The number of anilines is 1. The summed E-state index contributed by atoms with van der Waals surface area (Å²) < 4.78 is 6.10. The standard InChI is InChI=1S/C18H20N2O3/c1-10-4-6-12(7-5-10)20-16(21)13-14(17(20)22)23-18(3)8-11(2)9-19-15(13)18/h4-9,13-15,17,22H,1-3H3/t13-,14-,15-,17?,18-/m0/s1. The van der Waals surface area contributed by atoms with Gasteiger partial charge in [0, 0.05) is 11.9 Å². The van der Waals surface area contributed by atoms with E-state index in [0.29, 0.717) is 5.69 Å². The van der Waals surface area contributed by atoms with Crippen molar-refractivity contribution in [2.45, 2.75) is 44.7 Å². The van der Waals surface area contributed by atoms with Crippen molar-refractivity contribution in [1.82, 2.24) is 0 Å². The van der Waals surface area contributed by atoms with Crippen molar-refractivity contribution in [2.75, 3.05) is 4.90 Å². The molecule has 23 heavy (non-hydrogen) atoms. The highest BCUT2D eigenvalue weighted by atomic mass is 16.5. The molecule has 1 N–H and O–H groups in total. The van der Waals surface area contributed by atoms with Crippen LogP contribution in [0, 0.1) is 12.8 Å². The van der Waals surface area contributed by atoms with E-state index in [2.05, 4.69) is 4.99 Å². The molecule has 120 valence electrons. The average molecular weight is 312 g/mol. The number of amides is 1. The smallest absolute Gasteiger partial charge is 0.237 e. The fourth-order valence-corrected chi connectivity index (χ4v) is 3.96. The SMILES string of the molecule is CC1=C[C@]2(C)O[C@@H]3C(O)N(c4ccc(C)cc4)C(=O)[C@@H]3[C@@H]2N=C1. The number of dihydropyridines is 1. The third kappa shape index (κ3) is 2.00. The van der Waals surface area contributed by atoms with Crippen LogP contribution in [0.25, 0.3) is 0 Å². The predicted octanol–water partition coefficient (Wildman–Crippen LogP) is 1.83. The number of carbonyl (C=O) groups excluding carboxylic acids is 1. The zero-order valence-electron chi connectivity index (χ0n) is 13.4. The van der Waals surface area contributed by atoms with Gasteiger partial charge in [-0.15, -0.1) is 0 Å². The number of ether oxygens (including phenoxy) is 1. The average Bonchev–Trinajstić information content (AvgIpc) is 2.92. The van der Waals surface area contributed by atoms with E-state index < -0.39 is 23.9 Å². The van der Waals surface area contributed by atoms with Crippen LogP contribution in [0.1, 0.15) is 19.4 Å². The summed E-state index contributed by atoms with van der Waals surface area (Å²) in [6.07, 6.45) is 2.24. The van der Waals surface area contributed by atoms with Gasteiger partial charge in [-0.25, -0.2) is 0 Å². The van der Waals surface area contributed by atoms with Crippen molar-refractivity contribution in [3.63, 3.8) is 0 Å². The highest BCUT2D eigenvalue weighted by Crippen LogP contribution is 2.47. The summed E-state index contributed by atoms with van der Waals surface area (Å²) >= 11 is 0. The molecular formula is C18H20N2O3. The lowest BCUT2D eigenvalue weighted by molar-refractivity contribution is -0.121. The number of benzene rings is 1. The number of aliphatic hydroxyl groups is 1. The number of hydrogen-bond acceptors (Lipinski definition) is 4. The summed E-state index contributed by atoms with van der Waals surface area (Å²) in [4.78, 5) is 18.9. The summed E-state index contributed by atoms with van der Waals surface area (Å²) in [5.41, 5.74) is 2.20. The monoisotopic (exact) mass is 312 g/mol. The maximum absolute atomic E-state index is 13.0. The quantitative estimate of drug-likeness (QED) is 0.860. The summed E-state index contributed by atoms with van der Waals surface area (Å²) in [6, 6.07) is 7.28. The Hall–Kier alpha value is -1.98. The Morgan fingerprint density at radius 1 is 1.26 bits per heavy atom. The van der Waals surface area contributed by atoms with Crippen LogP contribution < -0.4 is 4.90 Å². The van der Waals surface area contributed by atoms with Gasteiger partial charge in [-0.1, -0.05) is 17.7 Å². The third-order valence-electron chi connectivity index (χ3n) is 5.02. The molecule has 1 aromatic carbocycles. The van der Waals surface area contributed by atoms with Gasteiger partial charge < -0.3 is 9.84 Å². The van der Waals surface area contributed by atoms with Gasteiger partial charge in [-0.3, -0.25) is 14.7 Å². The van der Waals surface area contributed by atoms with Gasteiger partial charge in [0.15, 0.2) is 6.23 Å². The molecule has 1 amide bonds. The molecular weight excluding hydrogens is 292 g/mol. The number of rotatable bonds is 1. The second-order valence-electron chi connectivity index (χ2n) is 6.86. The summed E-state index contributed by atoms with van der Waals surface area (Å²) in [5.74, 6) is -0.568. The second-order valence-corrected chi connectivity index (χ2v) is 6.86. The first-order valence-electron chi connectivity index (χ1n) is 7.89. The Morgan fingerprint density at radius 2 is 1.96 bits per heavy atom. The zero-order chi connectivity index (χ0) is 16.4. The van der Waals surface area contributed by atoms with E-state index in [1.165, 1.54) is 4.90 Å². The van der Waals surface area contributed by atoms with Gasteiger partial charge in [-0.2, -0.15) is 0 Å². The normalized spacial score (nSPS) is 38.5. The molecule has 0 aromatic heterocycles. The first kappa shape index (κ1) is 14.6. The highest BCUT2D eigenvalue weighted by Gasteiger charge is 2.63. The molecule has 3 heterocycles. The summed E-state index contributed by atoms with van der Waals surface area (Å²) in [6.45, 7) is 5.88. The number of aryl methyl sites for hydroxylation is 1. The molecule has 5 heteroatoms. The van der Waals surface area contributed by atoms with Crippen LogP contribution in [-0.4, -0.2) is 41.2 Å². The van der Waals surface area contributed by atoms with E-state index in [0.717, 1.165) is 11.1 Å². The van der Waals surface area contributed by atoms with Gasteiger partial charge in [0.1, 0.15) is 11.7 Å². The lowest BCUT2D eigenvalue weighted by atomic mass is 9.85. The van der Waals surface area contributed by atoms with Crippen molar-refractivity contribution in [1.29, 1.82) is 0 Å². The number of aliphatic imine (C=N–C) groups is 1. The third-order valence-corrected chi connectivity index (χ3v) is 5.02. The van der Waals surface area contributed by atoms with Gasteiger partial charge >= 0.3 is 0 Å². The van der Waals surface area contributed by atoms with Gasteiger partial charge in [-0.05, 0) is 44.6 Å². The largest absolute Gasteiger partial charge is 0.370 e. The molecule has 1 unspecified atom stereocenters. The van der Waals surface area contributed by atoms with E-state index in [1.807, 2.05) is 51.1 Å². The van der Waals surface area contributed by atoms with Crippen LogP contribution in [-0.2, 0) is 9.53 Å². The molecule has 0 bridgehead atoms. The van der Waals surface area contributed by atoms with Gasteiger partial charge in [0.25, 0.3) is 0 Å². The van der Waals surface area contributed by atoms with E-state index >= 15 is 0 Å². The summed E-state index contributed by atoms with van der Waals surface area (Å²) in [5, 5.41) is 10.7. The molecule has 2 fully saturated rings. The Labute approximate surface area is 135 Å². The first-order chi connectivity index (χ1) is 10.9. The van der Waals surface area contributed by atoms with Crippen LogP contribution in [0.5, 0.6) is 0 Å². The van der Waals surface area contributed by atoms with Crippen molar-refractivity contribution >= 4 is 17.8 Å². The highest BCUT2D eigenvalue weighted by molar-refractivity contribution is 6.00. The number of nitrogens with zero attached hydrogens (tertiary/aromatic N) is 2. The predicted molar refractivity (Wildman–Crippen MR) is 87.5 cm³/mol. The number of allylic oxidation sites excluding steroid dienone is 1. The Kier molecular flexibility index (Phi) is 3.02. The second kappa shape index (κ2) is 4.76. The van der Waals surface area contributed by atoms with Crippen molar-refractivity contribution in [2.24, 2.45) is 10.9 Å². The number of aliphatic hydroxyl groups excluding tert-OH is 1. The minimum Gasteiger partial charge on any atom is -0.370 e. The van der Waals surface area contributed by atoms with Crippen LogP contribution >= 0.6 is 0 Å². The Morgan fingerprint density at radius 3 is 2.65 bits per heavy atom. The lowest BCUT2D eigenvalue weighted by Gasteiger charge is -2.32. The van der Waals surface area contributed by atoms with Crippen molar-refractivity contribution in [3.8, 4) is 0 Å². The topological polar surface area (TPSA) is 62.1 Å². The maximum Gasteiger partial charge on any atom is 0.237 e. The van der Waals surface area contributed by atoms with Gasteiger partial charge in [0.2, 0.25) is 5.91 Å². The molecule has 5 nitrogen and oxygen atoms in total. The Bertz CT molecular complexity index is 724. The van der Waals surface area contributed by atoms with Crippen molar-refractivity contribution in [3.05, 3.63) is 41.5 Å². The fourth-order valence-electron chi connectivity index (χ4n) is 3.96. The number of fused-ring (bicyclic) bond motifs is 3. The van der Waals surface area contributed by atoms with Crippen molar-refractivity contribution < 1.29 is 14.6 Å². The number of carbonyl (C=O) groups is 1.